The van der Waals surface area contributed by atoms with E-state index in [-0.39, 0.29) is 4.90 Å². The normalized spacial score (nSPS) is 14.9. The number of halogens is 1. The smallest absolute Gasteiger partial charge is 0.419 e. The maximum atomic E-state index is 13.5. The first-order valence-electron chi connectivity index (χ1n) is 12.8. The van der Waals surface area contributed by atoms with Crippen molar-refractivity contribution in [2.24, 2.45) is 5.41 Å². The summed E-state index contributed by atoms with van der Waals surface area (Å²) in [6, 6.07) is 20.2. The molecule has 0 bridgehead atoms. The third kappa shape index (κ3) is 5.06. The lowest BCUT2D eigenvalue weighted by Gasteiger charge is -2.31. The molecule has 0 saturated heterocycles. The zero-order valence-corrected chi connectivity index (χ0v) is 23.4. The Labute approximate surface area is 232 Å². The first-order chi connectivity index (χ1) is 18.8. The molecule has 0 fully saturated rings. The number of fused-ring (bicyclic) bond motifs is 2. The van der Waals surface area contributed by atoms with E-state index < -0.39 is 39.7 Å². The molecule has 0 unspecified atom stereocenters. The van der Waals surface area contributed by atoms with E-state index in [1.165, 1.54) is 36.6 Å². The van der Waals surface area contributed by atoms with Crippen LogP contribution in [0.1, 0.15) is 33.4 Å². The number of alkyl halides is 1. The monoisotopic (exact) mass is 563 g/mol. The summed E-state index contributed by atoms with van der Waals surface area (Å²) in [5, 5.41) is 3.79. The number of rotatable bonds is 7. The van der Waals surface area contributed by atoms with Crippen molar-refractivity contribution in [3.63, 3.8) is 0 Å². The summed E-state index contributed by atoms with van der Waals surface area (Å²) in [7, 11) is -4.02. The third-order valence-electron chi connectivity index (χ3n) is 6.91. The average molecular weight is 564 g/mol. The van der Waals surface area contributed by atoms with E-state index in [9.17, 15) is 22.4 Å². The first kappa shape index (κ1) is 27.4. The molecule has 0 spiro atoms. The Morgan fingerprint density at radius 1 is 0.975 bits per heavy atom. The van der Waals surface area contributed by atoms with Gasteiger partial charge in [0.05, 0.1) is 16.0 Å². The summed E-state index contributed by atoms with van der Waals surface area (Å²) in [6.45, 7) is 5.91. The van der Waals surface area contributed by atoms with Crippen molar-refractivity contribution in [1.82, 2.24) is 4.57 Å². The highest BCUT2D eigenvalue weighted by Crippen LogP contribution is 2.37. The third-order valence-corrected chi connectivity index (χ3v) is 8.35. The van der Waals surface area contributed by atoms with Gasteiger partial charge < -0.3 is 10.1 Å². The number of anilines is 2. The molecule has 0 aliphatic carbocycles. The van der Waals surface area contributed by atoms with Gasteiger partial charge in [0.15, 0.2) is 0 Å². The minimum absolute atomic E-state index is 0.0723. The Morgan fingerprint density at radius 3 is 2.30 bits per heavy atom. The van der Waals surface area contributed by atoms with E-state index in [1.54, 1.807) is 30.3 Å². The van der Waals surface area contributed by atoms with Gasteiger partial charge in [0.2, 0.25) is 5.91 Å². The molecule has 1 aliphatic heterocycles. The number of hydrogen-bond donors (Lipinski definition) is 2. The zero-order valence-electron chi connectivity index (χ0n) is 22.6. The molecule has 40 heavy (non-hydrogen) atoms. The van der Waals surface area contributed by atoms with Crippen LogP contribution in [0, 0.1) is 5.41 Å². The molecule has 5 rings (SSSR count). The highest BCUT2D eigenvalue weighted by atomic mass is 32.2. The Kier molecular flexibility index (Phi) is 6.70. The Morgan fingerprint density at radius 2 is 1.62 bits per heavy atom. The summed E-state index contributed by atoms with van der Waals surface area (Å²) in [5.74, 6) is -0.476. The van der Waals surface area contributed by atoms with Gasteiger partial charge >= 0.3 is 6.09 Å². The summed E-state index contributed by atoms with van der Waals surface area (Å²) >= 11 is 0. The lowest BCUT2D eigenvalue weighted by Crippen LogP contribution is -2.39. The van der Waals surface area contributed by atoms with Gasteiger partial charge in [-0.25, -0.2) is 22.2 Å². The van der Waals surface area contributed by atoms with Crippen LogP contribution in [0.15, 0.2) is 77.7 Å². The standard InChI is InChI=1S/C30H30FN3O5S/c1-29(2,18-31)27(35)32-19-9-11-20(12-10-19)33-40(37,38)26-16-14-23(22-7-5-6-8-24(22)26)25-15-13-21-17-30(3,4)39-28(36)34(21)25/h5-16,33H,17-18H2,1-4H3,(H,32,35). The number of sulfonamides is 1. The van der Waals surface area contributed by atoms with Gasteiger partial charge in [-0.05, 0) is 75.5 Å². The Bertz CT molecular complexity index is 1740. The molecule has 0 atom stereocenters. The molecule has 1 aromatic heterocycles. The molecule has 1 amide bonds. The highest BCUT2D eigenvalue weighted by Gasteiger charge is 2.34. The van der Waals surface area contributed by atoms with Crippen LogP contribution in [0.25, 0.3) is 22.0 Å². The van der Waals surface area contributed by atoms with Crippen molar-refractivity contribution in [2.45, 2.75) is 44.6 Å². The van der Waals surface area contributed by atoms with Gasteiger partial charge in [-0.1, -0.05) is 30.3 Å². The van der Waals surface area contributed by atoms with Crippen LogP contribution in [-0.4, -0.2) is 37.3 Å². The number of ether oxygens (including phenoxy) is 1. The molecule has 2 N–H and O–H groups in total. The number of amides is 1. The van der Waals surface area contributed by atoms with Crippen molar-refractivity contribution in [3.05, 3.63) is 78.5 Å². The molecule has 10 heteroatoms. The SMILES string of the molecule is CC1(C)Cc2ccc(-c3ccc(S(=O)(=O)Nc4ccc(NC(=O)C(C)(C)CF)cc4)c4ccccc34)n2C(=O)O1. The predicted octanol–water partition coefficient (Wildman–Crippen LogP) is 6.36. The van der Waals surface area contributed by atoms with E-state index in [2.05, 4.69) is 10.0 Å². The number of nitrogens with one attached hydrogen (secondary N) is 2. The number of aromatic nitrogens is 1. The van der Waals surface area contributed by atoms with Crippen LogP contribution in [0.2, 0.25) is 0 Å². The van der Waals surface area contributed by atoms with Gasteiger partial charge in [0.1, 0.15) is 12.3 Å². The van der Waals surface area contributed by atoms with Crippen molar-refractivity contribution in [3.8, 4) is 11.3 Å². The second kappa shape index (κ2) is 9.78. The van der Waals surface area contributed by atoms with Crippen LogP contribution in [0.4, 0.5) is 20.6 Å². The second-order valence-electron chi connectivity index (χ2n) is 11.2. The van der Waals surface area contributed by atoms with Crippen molar-refractivity contribution in [2.75, 3.05) is 16.7 Å². The molecule has 0 radical (unpaired) electrons. The minimum atomic E-state index is -4.02. The highest BCUT2D eigenvalue weighted by molar-refractivity contribution is 7.93. The predicted molar refractivity (Wildman–Crippen MR) is 153 cm³/mol. The maximum Gasteiger partial charge on any atom is 0.419 e. The fourth-order valence-electron chi connectivity index (χ4n) is 4.72. The molecule has 2 heterocycles. The summed E-state index contributed by atoms with van der Waals surface area (Å²) in [6.07, 6.45) is 0.0879. The van der Waals surface area contributed by atoms with Crippen LogP contribution in [0.3, 0.4) is 0 Å². The minimum Gasteiger partial charge on any atom is -0.442 e. The number of carbonyl (C=O) groups excluding carboxylic acids is 2. The number of hydrogen-bond acceptors (Lipinski definition) is 5. The van der Waals surface area contributed by atoms with Crippen LogP contribution < -0.4 is 10.0 Å². The summed E-state index contributed by atoms with van der Waals surface area (Å²) in [5.41, 5.74) is 1.08. The maximum absolute atomic E-state index is 13.5. The summed E-state index contributed by atoms with van der Waals surface area (Å²) in [4.78, 5) is 25.2. The van der Waals surface area contributed by atoms with Gasteiger partial charge in [-0.15, -0.1) is 0 Å². The molecule has 3 aromatic carbocycles. The van der Waals surface area contributed by atoms with Crippen molar-refractivity contribution in [1.29, 1.82) is 0 Å². The van der Waals surface area contributed by atoms with Gasteiger partial charge in [-0.3, -0.25) is 9.52 Å². The Balaban J connectivity index is 1.46. The van der Waals surface area contributed by atoms with Crippen molar-refractivity contribution < 1.29 is 27.1 Å². The largest absolute Gasteiger partial charge is 0.442 e. The quantitative estimate of drug-likeness (QED) is 0.272. The molecular weight excluding hydrogens is 533 g/mol. The van der Waals surface area contributed by atoms with Crippen LogP contribution in [-0.2, 0) is 26.0 Å². The van der Waals surface area contributed by atoms with E-state index in [4.69, 9.17) is 4.74 Å². The van der Waals surface area contributed by atoms with E-state index in [0.717, 1.165) is 5.69 Å². The molecule has 8 nitrogen and oxygen atoms in total. The van der Waals surface area contributed by atoms with Crippen LogP contribution in [0.5, 0.6) is 0 Å². The van der Waals surface area contributed by atoms with Gasteiger partial charge in [-0.2, -0.15) is 0 Å². The first-order valence-corrected chi connectivity index (χ1v) is 14.3. The van der Waals surface area contributed by atoms with Crippen LogP contribution >= 0.6 is 0 Å². The molecule has 4 aromatic rings. The zero-order chi connectivity index (χ0) is 28.9. The topological polar surface area (TPSA) is 107 Å². The van der Waals surface area contributed by atoms with Gasteiger partial charge in [0, 0.05) is 34.4 Å². The molecule has 208 valence electrons. The average Bonchev–Trinajstić information content (AvgIpc) is 3.31. The number of cyclic esters (lactones) is 1. The molecule has 1 aliphatic rings. The van der Waals surface area contributed by atoms with E-state index in [1.807, 2.05) is 38.1 Å². The van der Waals surface area contributed by atoms with Gasteiger partial charge in [0.25, 0.3) is 10.0 Å². The lowest BCUT2D eigenvalue weighted by molar-refractivity contribution is -0.124. The Hall–Kier alpha value is -4.18. The fraction of sp³-hybridized carbons (Fsp3) is 0.267. The lowest BCUT2D eigenvalue weighted by atomic mass is 9.94. The molecular formula is C30H30FN3O5S. The van der Waals surface area contributed by atoms with Crippen molar-refractivity contribution >= 4 is 44.2 Å². The fourth-order valence-corrected chi connectivity index (χ4v) is 5.99. The molecule has 0 saturated carbocycles. The number of carbonyl (C=O) groups is 2. The number of nitrogens with zero attached hydrogens (tertiary/aromatic N) is 1. The van der Waals surface area contributed by atoms with E-state index in [0.29, 0.717) is 39.8 Å². The van der Waals surface area contributed by atoms with E-state index >= 15 is 0 Å². The summed E-state index contributed by atoms with van der Waals surface area (Å²) < 4.78 is 49.8. The second-order valence-corrected chi connectivity index (χ2v) is 12.8. The number of benzene rings is 3.